The number of hydrogen-bond donors (Lipinski definition) is 0. The number of methoxy groups -OCH3 is 1. The van der Waals surface area contributed by atoms with Gasteiger partial charge in [0.2, 0.25) is 0 Å². The zero-order valence-electron chi connectivity index (χ0n) is 14.8. The maximum atomic E-state index is 5.62. The van der Waals surface area contributed by atoms with E-state index in [4.69, 9.17) is 4.74 Å². The van der Waals surface area contributed by atoms with Crippen LogP contribution in [0.25, 0.3) is 0 Å². The second-order valence-corrected chi connectivity index (χ2v) is 7.59. The second kappa shape index (κ2) is 8.19. The van der Waals surface area contributed by atoms with Crippen LogP contribution in [0, 0.1) is 17.3 Å². The third kappa shape index (κ3) is 4.62. The first-order valence-corrected chi connectivity index (χ1v) is 8.46. The standard InChI is InChI=1S/C19H31NO.ClH/c1-6-17-18(21-5)15(11-12-20-17)13-14-7-9-16(10-8-14)19(2,3)4;/h11-12,14,16H,6-10,13H2,1-5H3;1H. The molecule has 1 saturated carbocycles. The first-order chi connectivity index (χ1) is 9.95. The summed E-state index contributed by atoms with van der Waals surface area (Å²) in [7, 11) is 1.77. The van der Waals surface area contributed by atoms with Gasteiger partial charge in [0.15, 0.2) is 0 Å². The van der Waals surface area contributed by atoms with Gasteiger partial charge in [-0.2, -0.15) is 0 Å². The van der Waals surface area contributed by atoms with Crippen LogP contribution in [-0.2, 0) is 12.8 Å². The zero-order valence-corrected chi connectivity index (χ0v) is 15.6. The van der Waals surface area contributed by atoms with Gasteiger partial charge in [0, 0.05) is 6.20 Å². The molecule has 126 valence electrons. The lowest BCUT2D eigenvalue weighted by Gasteiger charge is -2.37. The van der Waals surface area contributed by atoms with Gasteiger partial charge in [0.05, 0.1) is 12.8 Å². The molecule has 0 atom stereocenters. The Morgan fingerprint density at radius 3 is 2.32 bits per heavy atom. The second-order valence-electron chi connectivity index (χ2n) is 7.59. The molecule has 0 saturated heterocycles. The Morgan fingerprint density at radius 2 is 1.82 bits per heavy atom. The summed E-state index contributed by atoms with van der Waals surface area (Å²) in [6, 6.07) is 2.15. The maximum absolute atomic E-state index is 5.62. The average molecular weight is 326 g/mol. The fourth-order valence-electron chi connectivity index (χ4n) is 3.74. The SMILES string of the molecule is CCc1nccc(CC2CCC(C(C)(C)C)CC2)c1OC.Cl. The Bertz CT molecular complexity index is 459. The Kier molecular flexibility index (Phi) is 7.18. The van der Waals surface area contributed by atoms with E-state index in [1.165, 1.54) is 31.2 Å². The van der Waals surface area contributed by atoms with Crippen molar-refractivity contribution in [2.24, 2.45) is 17.3 Å². The summed E-state index contributed by atoms with van der Waals surface area (Å²) < 4.78 is 5.62. The number of nitrogens with zero attached hydrogens (tertiary/aromatic N) is 1. The number of halogens is 1. The van der Waals surface area contributed by atoms with Crippen molar-refractivity contribution in [3.8, 4) is 5.75 Å². The monoisotopic (exact) mass is 325 g/mol. The molecular formula is C19H32ClNO. The highest BCUT2D eigenvalue weighted by Crippen LogP contribution is 2.41. The van der Waals surface area contributed by atoms with Crippen LogP contribution in [0.2, 0.25) is 0 Å². The van der Waals surface area contributed by atoms with Gasteiger partial charge in [-0.15, -0.1) is 12.4 Å². The molecular weight excluding hydrogens is 294 g/mol. The van der Waals surface area contributed by atoms with E-state index in [1.807, 2.05) is 6.20 Å². The lowest BCUT2D eigenvalue weighted by Crippen LogP contribution is -2.26. The van der Waals surface area contributed by atoms with Gasteiger partial charge in [-0.3, -0.25) is 4.98 Å². The van der Waals surface area contributed by atoms with E-state index < -0.39 is 0 Å². The van der Waals surface area contributed by atoms with Gasteiger partial charge >= 0.3 is 0 Å². The molecule has 1 fully saturated rings. The van der Waals surface area contributed by atoms with Crippen molar-refractivity contribution < 1.29 is 4.74 Å². The number of rotatable bonds is 4. The third-order valence-electron chi connectivity index (χ3n) is 5.18. The summed E-state index contributed by atoms with van der Waals surface area (Å²) in [6.45, 7) is 9.30. The van der Waals surface area contributed by atoms with Crippen LogP contribution in [0.15, 0.2) is 12.3 Å². The van der Waals surface area contributed by atoms with E-state index in [-0.39, 0.29) is 12.4 Å². The quantitative estimate of drug-likeness (QED) is 0.732. The molecule has 0 radical (unpaired) electrons. The highest BCUT2D eigenvalue weighted by Gasteiger charge is 2.30. The molecule has 0 aliphatic heterocycles. The van der Waals surface area contributed by atoms with E-state index in [9.17, 15) is 0 Å². The molecule has 1 aromatic heterocycles. The first kappa shape index (κ1) is 19.3. The van der Waals surface area contributed by atoms with E-state index in [2.05, 4.69) is 38.7 Å². The summed E-state index contributed by atoms with van der Waals surface area (Å²) in [4.78, 5) is 4.44. The fourth-order valence-corrected chi connectivity index (χ4v) is 3.74. The molecule has 0 unspecified atom stereocenters. The number of aromatic nitrogens is 1. The minimum atomic E-state index is 0. The van der Waals surface area contributed by atoms with E-state index in [0.29, 0.717) is 5.41 Å². The van der Waals surface area contributed by atoms with Crippen molar-refractivity contribution in [2.45, 2.75) is 66.2 Å². The molecule has 0 N–H and O–H groups in total. The van der Waals surface area contributed by atoms with Crippen LogP contribution in [-0.4, -0.2) is 12.1 Å². The molecule has 0 bridgehead atoms. The molecule has 1 aliphatic carbocycles. The van der Waals surface area contributed by atoms with E-state index in [0.717, 1.165) is 36.1 Å². The Morgan fingerprint density at radius 1 is 1.18 bits per heavy atom. The van der Waals surface area contributed by atoms with Gasteiger partial charge in [-0.1, -0.05) is 27.7 Å². The first-order valence-electron chi connectivity index (χ1n) is 8.46. The zero-order chi connectivity index (χ0) is 15.5. The summed E-state index contributed by atoms with van der Waals surface area (Å²) in [5.41, 5.74) is 2.91. The van der Waals surface area contributed by atoms with Crippen molar-refractivity contribution in [3.63, 3.8) is 0 Å². The number of hydrogen-bond acceptors (Lipinski definition) is 2. The van der Waals surface area contributed by atoms with Gasteiger partial charge in [-0.25, -0.2) is 0 Å². The van der Waals surface area contributed by atoms with Crippen molar-refractivity contribution in [2.75, 3.05) is 7.11 Å². The molecule has 1 heterocycles. The van der Waals surface area contributed by atoms with Crippen molar-refractivity contribution in [3.05, 3.63) is 23.5 Å². The highest BCUT2D eigenvalue weighted by atomic mass is 35.5. The number of ether oxygens (including phenoxy) is 1. The normalized spacial score (nSPS) is 22.0. The lowest BCUT2D eigenvalue weighted by molar-refractivity contribution is 0.149. The van der Waals surface area contributed by atoms with Crippen LogP contribution in [0.5, 0.6) is 5.75 Å². The van der Waals surface area contributed by atoms with Crippen molar-refractivity contribution in [1.82, 2.24) is 4.98 Å². The summed E-state index contributed by atoms with van der Waals surface area (Å²) in [6.07, 6.45) is 9.49. The molecule has 0 amide bonds. The number of pyridine rings is 1. The molecule has 22 heavy (non-hydrogen) atoms. The summed E-state index contributed by atoms with van der Waals surface area (Å²) >= 11 is 0. The average Bonchev–Trinajstić information content (AvgIpc) is 2.46. The predicted octanol–water partition coefficient (Wildman–Crippen LogP) is 5.47. The van der Waals surface area contributed by atoms with Gasteiger partial charge in [-0.05, 0) is 67.4 Å². The summed E-state index contributed by atoms with van der Waals surface area (Å²) in [5.74, 6) is 2.72. The molecule has 3 heteroatoms. The van der Waals surface area contributed by atoms with Gasteiger partial charge in [0.25, 0.3) is 0 Å². The van der Waals surface area contributed by atoms with Gasteiger partial charge < -0.3 is 4.74 Å². The molecule has 1 aromatic rings. The molecule has 0 aromatic carbocycles. The smallest absolute Gasteiger partial charge is 0.143 e. The Labute approximate surface area is 142 Å². The topological polar surface area (TPSA) is 22.1 Å². The predicted molar refractivity (Wildman–Crippen MR) is 96.0 cm³/mol. The summed E-state index contributed by atoms with van der Waals surface area (Å²) in [5, 5.41) is 0. The van der Waals surface area contributed by atoms with Gasteiger partial charge in [0.1, 0.15) is 5.75 Å². The molecule has 1 aliphatic rings. The Hall–Kier alpha value is -0.760. The van der Waals surface area contributed by atoms with Crippen LogP contribution >= 0.6 is 12.4 Å². The number of aryl methyl sites for hydroxylation is 1. The Balaban J connectivity index is 0.00000242. The van der Waals surface area contributed by atoms with Crippen LogP contribution in [0.1, 0.15) is 64.6 Å². The fraction of sp³-hybridized carbons (Fsp3) is 0.737. The van der Waals surface area contributed by atoms with Crippen LogP contribution in [0.4, 0.5) is 0 Å². The highest BCUT2D eigenvalue weighted by molar-refractivity contribution is 5.85. The van der Waals surface area contributed by atoms with Crippen molar-refractivity contribution in [1.29, 1.82) is 0 Å². The van der Waals surface area contributed by atoms with Crippen LogP contribution in [0.3, 0.4) is 0 Å². The minimum Gasteiger partial charge on any atom is -0.495 e. The van der Waals surface area contributed by atoms with Crippen LogP contribution < -0.4 is 4.74 Å². The molecule has 0 spiro atoms. The molecule has 2 nitrogen and oxygen atoms in total. The van der Waals surface area contributed by atoms with Crippen molar-refractivity contribution >= 4 is 12.4 Å². The van der Waals surface area contributed by atoms with E-state index >= 15 is 0 Å². The largest absolute Gasteiger partial charge is 0.495 e. The lowest BCUT2D eigenvalue weighted by atomic mass is 9.69. The third-order valence-corrected chi connectivity index (χ3v) is 5.18. The minimum absolute atomic E-state index is 0. The molecule has 2 rings (SSSR count). The maximum Gasteiger partial charge on any atom is 0.143 e. The van der Waals surface area contributed by atoms with E-state index in [1.54, 1.807) is 7.11 Å².